The molecule has 0 aliphatic carbocycles. The molecule has 0 fully saturated rings. The molecule has 0 aliphatic heterocycles. The number of halogens is 15. The first-order valence-corrected chi connectivity index (χ1v) is 17.7. The Morgan fingerprint density at radius 1 is 0.719 bits per heavy atom. The van der Waals surface area contributed by atoms with Gasteiger partial charge in [-0.3, -0.25) is 14.8 Å². The first kappa shape index (κ1) is 52.6. The molecule has 0 spiro atoms. The van der Waals surface area contributed by atoms with Crippen LogP contribution in [0.1, 0.15) is 40.9 Å². The predicted octanol–water partition coefficient (Wildman–Crippen LogP) is 9.37. The number of nitrogens with one attached hydrogen (secondary N) is 2. The van der Waals surface area contributed by atoms with Crippen LogP contribution in [0.5, 0.6) is 0 Å². The van der Waals surface area contributed by atoms with Gasteiger partial charge in [-0.2, -0.15) is 71.9 Å². The normalized spacial score (nSPS) is 13.0. The minimum atomic E-state index is -4.87. The molecule has 0 amide bonds. The standard InChI is InChI=1S/C17H13ClF6N6O.C16H10ClF6N5O.CH5NO.ClH/c1-8(16(19,20)21)28-15-11(12-10(17(22,23)24)4-3-5-25-12)13(18)29-14-9(7-27-31-2)6-26-30(14)15;1-7(15(18,19)20)26-14-10(11-9(16(21,22)23)3-2-4-24-11)12(17)27-13-8(6-29)5-25-28(13)14;1-3-2;/h3-8,28H,1-2H3;2-7,26H,1H3;2H2,1H3;1H/b27-7-;;;. The molecular weight excluding hydrogens is 959 g/mol. The molecule has 0 saturated heterocycles. The molecule has 2 unspecified atom stereocenters. The van der Waals surface area contributed by atoms with Crippen molar-refractivity contribution in [1.29, 1.82) is 0 Å². The summed E-state index contributed by atoms with van der Waals surface area (Å²) in [6, 6.07) is -0.837. The Balaban J connectivity index is 0.000000317. The molecule has 6 heterocycles. The summed E-state index contributed by atoms with van der Waals surface area (Å²) >= 11 is 12.2. The second kappa shape index (κ2) is 20.8. The van der Waals surface area contributed by atoms with Gasteiger partial charge in [-0.15, -0.1) is 12.4 Å². The van der Waals surface area contributed by atoms with Gasteiger partial charge in [0.05, 0.1) is 70.5 Å². The SMILES string of the molecule is CC(Nc1c(-c2ncccc2C(F)(F)F)c(Cl)nc2c(C=O)cnn12)C(F)(F)F.CO/N=C\c1cnn2c(NC(C)C(F)(F)F)c(-c3ncccc3C(F)(F)F)c(Cl)nc12.CON.Cl. The smallest absolute Gasteiger partial charge is 0.399 e. The highest BCUT2D eigenvalue weighted by atomic mass is 35.5. The number of aldehydes is 1. The molecule has 30 heteroatoms. The number of carbonyl (C=O) groups is 1. The van der Waals surface area contributed by atoms with Crippen LogP contribution in [0.2, 0.25) is 10.3 Å². The third-order valence-electron chi connectivity index (χ3n) is 8.07. The quantitative estimate of drug-likeness (QED) is 0.0411. The topological polar surface area (TPSA) is 184 Å². The number of fused-ring (bicyclic) bond motifs is 2. The monoisotopic (exact) mass is 986 g/mol. The largest absolute Gasteiger partial charge is 0.418 e. The number of rotatable bonds is 9. The summed E-state index contributed by atoms with van der Waals surface area (Å²) in [5, 5.41) is 14.4. The number of nitrogens with two attached hydrogens (primary N) is 1. The average molecular weight is 988 g/mol. The second-order valence-electron chi connectivity index (χ2n) is 12.3. The highest BCUT2D eigenvalue weighted by molar-refractivity contribution is 6.33. The number of oxime groups is 1. The lowest BCUT2D eigenvalue weighted by molar-refractivity contribution is -0.139. The number of carbonyl (C=O) groups excluding carboxylic acids is 1. The third kappa shape index (κ3) is 11.9. The minimum Gasteiger partial charge on any atom is -0.399 e. The lowest BCUT2D eigenvalue weighted by atomic mass is 10.1. The van der Waals surface area contributed by atoms with Crippen molar-refractivity contribution in [2.75, 3.05) is 24.9 Å². The van der Waals surface area contributed by atoms with Gasteiger partial charge in [-0.05, 0) is 38.1 Å². The Labute approximate surface area is 367 Å². The molecular formula is C34H29Cl3F12N12O3. The van der Waals surface area contributed by atoms with Gasteiger partial charge in [0.25, 0.3) is 0 Å². The number of pyridine rings is 2. The number of aromatic nitrogens is 8. The molecule has 4 N–H and O–H groups in total. The van der Waals surface area contributed by atoms with Crippen LogP contribution >= 0.6 is 35.6 Å². The van der Waals surface area contributed by atoms with Crippen molar-refractivity contribution in [2.24, 2.45) is 11.1 Å². The zero-order valence-electron chi connectivity index (χ0n) is 32.5. The first-order chi connectivity index (χ1) is 29.3. The summed E-state index contributed by atoms with van der Waals surface area (Å²) in [6.07, 6.45) is -13.4. The maximum absolute atomic E-state index is 13.5. The van der Waals surface area contributed by atoms with Crippen molar-refractivity contribution in [2.45, 2.75) is 50.6 Å². The second-order valence-corrected chi connectivity index (χ2v) is 13.0. The molecule has 6 aromatic rings. The molecule has 0 saturated carbocycles. The van der Waals surface area contributed by atoms with E-state index in [-0.39, 0.29) is 34.8 Å². The first-order valence-electron chi connectivity index (χ1n) is 16.9. The maximum atomic E-state index is 13.5. The van der Waals surface area contributed by atoms with Crippen LogP contribution in [0, 0.1) is 0 Å². The zero-order chi connectivity index (χ0) is 47.2. The number of hydrogen-bond acceptors (Lipinski definition) is 13. The van der Waals surface area contributed by atoms with Crippen molar-refractivity contribution < 1.29 is 67.2 Å². The Kier molecular flexibility index (Phi) is 17.1. The van der Waals surface area contributed by atoms with Crippen molar-refractivity contribution in [3.8, 4) is 22.5 Å². The Bertz CT molecular complexity index is 2580. The minimum absolute atomic E-state index is 0. The summed E-state index contributed by atoms with van der Waals surface area (Å²) in [5.41, 5.74) is -5.09. The maximum Gasteiger partial charge on any atom is 0.418 e. The molecule has 0 aromatic carbocycles. The number of nitrogens with zero attached hydrogens (tertiary/aromatic N) is 9. The zero-order valence-corrected chi connectivity index (χ0v) is 34.8. The average Bonchev–Trinajstić information content (AvgIpc) is 3.79. The van der Waals surface area contributed by atoms with E-state index in [1.165, 1.54) is 26.6 Å². The van der Waals surface area contributed by atoms with E-state index in [2.05, 4.69) is 61.5 Å². The van der Waals surface area contributed by atoms with Crippen LogP contribution in [0.3, 0.4) is 0 Å². The van der Waals surface area contributed by atoms with Gasteiger partial charge >= 0.3 is 24.7 Å². The molecule has 64 heavy (non-hydrogen) atoms. The van der Waals surface area contributed by atoms with Gasteiger partial charge < -0.3 is 20.3 Å². The highest BCUT2D eigenvalue weighted by Crippen LogP contribution is 2.44. The Hall–Kier alpha value is -5.77. The fourth-order valence-corrected chi connectivity index (χ4v) is 5.69. The van der Waals surface area contributed by atoms with Crippen molar-refractivity contribution >= 4 is 71.0 Å². The predicted molar refractivity (Wildman–Crippen MR) is 209 cm³/mol. The van der Waals surface area contributed by atoms with E-state index in [0.29, 0.717) is 12.4 Å². The number of hydrogen-bond donors (Lipinski definition) is 3. The number of anilines is 2. The van der Waals surface area contributed by atoms with E-state index in [0.717, 1.165) is 59.7 Å². The Morgan fingerprint density at radius 3 is 1.44 bits per heavy atom. The molecule has 348 valence electrons. The van der Waals surface area contributed by atoms with Crippen molar-refractivity contribution in [1.82, 2.24) is 39.2 Å². The van der Waals surface area contributed by atoms with Crippen LogP contribution in [0.25, 0.3) is 33.8 Å². The summed E-state index contributed by atoms with van der Waals surface area (Å²) < 4.78 is 162. The highest BCUT2D eigenvalue weighted by Gasteiger charge is 2.41. The van der Waals surface area contributed by atoms with Crippen molar-refractivity contribution in [3.63, 3.8) is 0 Å². The summed E-state index contributed by atoms with van der Waals surface area (Å²) in [6.45, 7) is 1.56. The van der Waals surface area contributed by atoms with Gasteiger partial charge in [-0.1, -0.05) is 28.4 Å². The lowest BCUT2D eigenvalue weighted by Gasteiger charge is -2.22. The van der Waals surface area contributed by atoms with Crippen molar-refractivity contribution in [3.05, 3.63) is 81.6 Å². The third-order valence-corrected chi connectivity index (χ3v) is 8.62. The summed E-state index contributed by atoms with van der Waals surface area (Å²) in [4.78, 5) is 34.7. The van der Waals surface area contributed by atoms with E-state index in [1.807, 2.05) is 0 Å². The lowest BCUT2D eigenvalue weighted by Crippen LogP contribution is -2.34. The van der Waals surface area contributed by atoms with Gasteiger partial charge in [0.2, 0.25) is 0 Å². The molecule has 2 atom stereocenters. The molecule has 6 aromatic heterocycles. The molecule has 15 nitrogen and oxygen atoms in total. The van der Waals surface area contributed by atoms with E-state index in [4.69, 9.17) is 23.2 Å². The fourth-order valence-electron chi connectivity index (χ4n) is 5.18. The molecule has 0 radical (unpaired) electrons. The Morgan fingerprint density at radius 2 is 1.09 bits per heavy atom. The van der Waals surface area contributed by atoms with Gasteiger partial charge in [-0.25, -0.2) is 15.9 Å². The van der Waals surface area contributed by atoms with Gasteiger partial charge in [0.15, 0.2) is 17.6 Å². The van der Waals surface area contributed by atoms with E-state index in [9.17, 15) is 57.5 Å². The molecule has 0 aliphatic rings. The van der Waals surface area contributed by atoms with Gasteiger partial charge in [0, 0.05) is 12.4 Å². The fraction of sp³-hybridized carbons (Fsp3) is 0.294. The van der Waals surface area contributed by atoms with E-state index in [1.54, 1.807) is 0 Å². The van der Waals surface area contributed by atoms with Crippen LogP contribution in [0.15, 0.2) is 54.2 Å². The van der Waals surface area contributed by atoms with Crippen LogP contribution in [0.4, 0.5) is 64.3 Å². The van der Waals surface area contributed by atoms with E-state index >= 15 is 0 Å². The summed E-state index contributed by atoms with van der Waals surface area (Å²) in [5.74, 6) is 3.34. The summed E-state index contributed by atoms with van der Waals surface area (Å²) in [7, 11) is 2.67. The molecule has 6 rings (SSSR count). The van der Waals surface area contributed by atoms with Crippen LogP contribution < -0.4 is 16.5 Å². The van der Waals surface area contributed by atoms with Crippen LogP contribution in [-0.4, -0.2) is 90.3 Å². The van der Waals surface area contributed by atoms with Gasteiger partial charge in [0.1, 0.15) is 41.1 Å². The molecule has 0 bridgehead atoms. The van der Waals surface area contributed by atoms with Crippen LogP contribution in [-0.2, 0) is 22.0 Å². The van der Waals surface area contributed by atoms with E-state index < -0.39 is 92.4 Å². The number of alkyl halides is 12.